The third-order valence-electron chi connectivity index (χ3n) is 3.58. The maximum atomic E-state index is 12.4. The van der Waals surface area contributed by atoms with Crippen molar-refractivity contribution in [2.24, 2.45) is 0 Å². The first-order valence-electron chi connectivity index (χ1n) is 6.20. The number of hydrogen-bond acceptors (Lipinski definition) is 2. The van der Waals surface area contributed by atoms with Gasteiger partial charge in [-0.3, -0.25) is 9.59 Å². The van der Waals surface area contributed by atoms with Crippen molar-refractivity contribution in [3.05, 3.63) is 59.4 Å². The second-order valence-electron chi connectivity index (χ2n) is 4.67. The van der Waals surface area contributed by atoms with E-state index in [1.807, 2.05) is 22.8 Å². The molecule has 1 radical (unpaired) electrons. The van der Waals surface area contributed by atoms with E-state index in [4.69, 9.17) is 5.11 Å². The largest absolute Gasteiger partial charge is 0.481 e. The van der Waals surface area contributed by atoms with Crippen LogP contribution in [-0.2, 0) is 28.4 Å². The summed E-state index contributed by atoms with van der Waals surface area (Å²) in [6.07, 6.45) is 0.556. The Morgan fingerprint density at radius 3 is 2.45 bits per heavy atom. The van der Waals surface area contributed by atoms with Gasteiger partial charge in [0.25, 0.3) is 0 Å². The first kappa shape index (κ1) is 14.6. The summed E-state index contributed by atoms with van der Waals surface area (Å²) in [5.74, 6) is -1.37. The first-order valence-corrected chi connectivity index (χ1v) is 6.20. The molecule has 1 unspecified atom stereocenters. The molecule has 0 saturated heterocycles. The maximum Gasteiger partial charge on any atom is 0.312 e. The molecule has 4 nitrogen and oxygen atoms in total. The summed E-state index contributed by atoms with van der Waals surface area (Å²) in [7, 11) is 0. The van der Waals surface area contributed by atoms with Crippen molar-refractivity contribution in [2.75, 3.05) is 0 Å². The number of carboxylic acids is 1. The third-order valence-corrected chi connectivity index (χ3v) is 3.58. The number of carbonyl (C=O) groups is 2. The van der Waals surface area contributed by atoms with Gasteiger partial charge in [0.15, 0.2) is 0 Å². The Morgan fingerprint density at radius 2 is 1.80 bits per heavy atom. The Bertz CT molecular complexity index is 648. The summed E-state index contributed by atoms with van der Waals surface area (Å²) in [5.41, 5.74) is 1.93. The number of nitrogens with zero attached hydrogens (tertiary/aromatic N) is 1. The Hall–Kier alpha value is -1.84. The molecule has 0 saturated carbocycles. The summed E-state index contributed by atoms with van der Waals surface area (Å²) in [4.78, 5) is 23.5. The predicted molar refractivity (Wildman–Crippen MR) is 69.3 cm³/mol. The molecule has 20 heavy (non-hydrogen) atoms. The average molecular weight is 319 g/mol. The number of aliphatic carboxylic acids is 1. The van der Waals surface area contributed by atoms with Crippen LogP contribution >= 0.6 is 0 Å². The minimum atomic E-state index is -0.824. The monoisotopic (exact) mass is 318 g/mol. The van der Waals surface area contributed by atoms with E-state index in [0.29, 0.717) is 24.2 Å². The molecule has 0 fully saturated rings. The molecule has 3 rings (SSSR count). The van der Waals surface area contributed by atoms with Crippen LogP contribution in [-0.4, -0.2) is 21.4 Å². The van der Waals surface area contributed by atoms with Gasteiger partial charge in [-0.15, -0.1) is 0 Å². The van der Waals surface area contributed by atoms with Gasteiger partial charge in [0.1, 0.15) is 0 Å². The van der Waals surface area contributed by atoms with E-state index >= 15 is 0 Å². The van der Waals surface area contributed by atoms with Gasteiger partial charge in [-0.2, -0.15) is 0 Å². The number of aromatic nitrogens is 1. The molecule has 1 aromatic heterocycles. The van der Waals surface area contributed by atoms with Crippen LogP contribution in [0.2, 0.25) is 0 Å². The van der Waals surface area contributed by atoms with E-state index in [-0.39, 0.29) is 22.9 Å². The molecular formula is C15H13CuNO3. The normalized spacial score (nSPS) is 16.3. The van der Waals surface area contributed by atoms with Crippen molar-refractivity contribution in [3.63, 3.8) is 0 Å². The summed E-state index contributed by atoms with van der Waals surface area (Å²) in [5, 5.41) is 9.13. The Labute approximate surface area is 126 Å². The fourth-order valence-electron chi connectivity index (χ4n) is 2.63. The second-order valence-corrected chi connectivity index (χ2v) is 4.67. The SMILES string of the molecule is O=C(c1ccccc1)c1ccc2n1CCC2C(=O)O.[Cu]. The van der Waals surface area contributed by atoms with Gasteiger partial charge >= 0.3 is 5.97 Å². The quantitative estimate of drug-likeness (QED) is 0.698. The minimum Gasteiger partial charge on any atom is -0.481 e. The topological polar surface area (TPSA) is 59.3 Å². The van der Waals surface area contributed by atoms with E-state index in [1.165, 1.54) is 0 Å². The van der Waals surface area contributed by atoms with Gasteiger partial charge in [-0.1, -0.05) is 30.3 Å². The van der Waals surface area contributed by atoms with Crippen molar-refractivity contribution in [3.8, 4) is 0 Å². The third kappa shape index (κ3) is 2.30. The predicted octanol–water partition coefficient (Wildman–Crippen LogP) is 2.29. The van der Waals surface area contributed by atoms with Crippen LogP contribution in [0.3, 0.4) is 0 Å². The summed E-state index contributed by atoms with van der Waals surface area (Å²) in [6, 6.07) is 12.5. The van der Waals surface area contributed by atoms with Crippen molar-refractivity contribution in [2.45, 2.75) is 18.9 Å². The second kappa shape index (κ2) is 5.65. The van der Waals surface area contributed by atoms with E-state index in [0.717, 1.165) is 5.69 Å². The molecule has 0 spiro atoms. The summed E-state index contributed by atoms with van der Waals surface area (Å²) in [6.45, 7) is 0.590. The number of fused-ring (bicyclic) bond motifs is 1. The van der Waals surface area contributed by atoms with Gasteiger partial charge in [-0.05, 0) is 18.6 Å². The van der Waals surface area contributed by atoms with Crippen molar-refractivity contribution >= 4 is 11.8 Å². The molecule has 1 N–H and O–H groups in total. The number of carbonyl (C=O) groups excluding carboxylic acids is 1. The smallest absolute Gasteiger partial charge is 0.312 e. The van der Waals surface area contributed by atoms with Gasteiger partial charge in [0.05, 0.1) is 11.6 Å². The fraction of sp³-hybridized carbons (Fsp3) is 0.200. The van der Waals surface area contributed by atoms with Gasteiger partial charge in [-0.25, -0.2) is 0 Å². The molecular weight excluding hydrogens is 306 g/mol. The Kier molecular flexibility index (Phi) is 4.12. The van der Waals surface area contributed by atoms with E-state index in [9.17, 15) is 9.59 Å². The zero-order valence-electron chi connectivity index (χ0n) is 10.5. The first-order chi connectivity index (χ1) is 9.18. The molecule has 5 heteroatoms. The average Bonchev–Trinajstić information content (AvgIpc) is 2.99. The van der Waals surface area contributed by atoms with Crippen LogP contribution in [0.1, 0.15) is 34.1 Å². The summed E-state index contributed by atoms with van der Waals surface area (Å²) < 4.78 is 1.83. The van der Waals surface area contributed by atoms with Gasteiger partial charge < -0.3 is 9.67 Å². The Morgan fingerprint density at radius 1 is 1.10 bits per heavy atom. The zero-order chi connectivity index (χ0) is 13.4. The standard InChI is InChI=1S/C15H13NO3.Cu/c17-14(10-4-2-1-3-5-10)13-7-6-12-11(15(18)19)8-9-16(12)13;/h1-7,11H,8-9H2,(H,18,19);. The number of ketones is 1. The van der Waals surface area contributed by atoms with Crippen molar-refractivity contribution < 1.29 is 31.8 Å². The number of carboxylic acid groups (broad SMARTS) is 1. The van der Waals surface area contributed by atoms with E-state index in [1.54, 1.807) is 24.3 Å². The molecule has 0 amide bonds. The van der Waals surface area contributed by atoms with Crippen LogP contribution < -0.4 is 0 Å². The zero-order valence-corrected chi connectivity index (χ0v) is 11.5. The van der Waals surface area contributed by atoms with Gasteiger partial charge in [0.2, 0.25) is 5.78 Å². The molecule has 2 aromatic rings. The van der Waals surface area contributed by atoms with Crippen LogP contribution in [0.4, 0.5) is 0 Å². The van der Waals surface area contributed by atoms with E-state index < -0.39 is 11.9 Å². The molecule has 107 valence electrons. The number of rotatable bonds is 3. The van der Waals surface area contributed by atoms with Crippen LogP contribution in [0, 0.1) is 0 Å². The molecule has 0 bridgehead atoms. The molecule has 1 aliphatic heterocycles. The summed E-state index contributed by atoms with van der Waals surface area (Å²) >= 11 is 0. The van der Waals surface area contributed by atoms with Crippen LogP contribution in [0.25, 0.3) is 0 Å². The molecule has 2 heterocycles. The van der Waals surface area contributed by atoms with Crippen LogP contribution in [0.5, 0.6) is 0 Å². The van der Waals surface area contributed by atoms with Crippen LogP contribution in [0.15, 0.2) is 42.5 Å². The molecule has 1 aliphatic rings. The molecule has 1 aromatic carbocycles. The van der Waals surface area contributed by atoms with Crippen molar-refractivity contribution in [1.82, 2.24) is 4.57 Å². The maximum absolute atomic E-state index is 12.4. The number of benzene rings is 1. The Balaban J connectivity index is 0.00000147. The number of hydrogen-bond donors (Lipinski definition) is 1. The van der Waals surface area contributed by atoms with Gasteiger partial charge in [0, 0.05) is 34.9 Å². The minimum absolute atomic E-state index is 0. The molecule has 0 aliphatic carbocycles. The van der Waals surface area contributed by atoms with Crippen molar-refractivity contribution in [1.29, 1.82) is 0 Å². The fourth-order valence-corrected chi connectivity index (χ4v) is 2.63. The molecule has 1 atom stereocenters. The van der Waals surface area contributed by atoms with E-state index in [2.05, 4.69) is 0 Å².